The van der Waals surface area contributed by atoms with Crippen molar-refractivity contribution in [3.8, 4) is 0 Å². The number of aromatic nitrogens is 2. The number of esters is 1. The van der Waals surface area contributed by atoms with Gasteiger partial charge in [0.15, 0.2) is 6.61 Å². The van der Waals surface area contributed by atoms with Gasteiger partial charge in [0.25, 0.3) is 5.91 Å². The summed E-state index contributed by atoms with van der Waals surface area (Å²) in [6, 6.07) is 14.5. The van der Waals surface area contributed by atoms with Crippen LogP contribution in [0.25, 0.3) is 0 Å². The Hall–Kier alpha value is -3.37. The van der Waals surface area contributed by atoms with Gasteiger partial charge in [0, 0.05) is 14.8 Å². The SMILES string of the molecule is Cc1nn(CC(=O)OCC(=O)Nc2ccccc2Sc2ccc(Cl)cc2)c(C)c1[N+](=O)[O-]. The van der Waals surface area contributed by atoms with Crippen molar-refractivity contribution in [2.45, 2.75) is 30.2 Å². The van der Waals surface area contributed by atoms with Crippen molar-refractivity contribution in [3.63, 3.8) is 0 Å². The Morgan fingerprint density at radius 3 is 2.53 bits per heavy atom. The highest BCUT2D eigenvalue weighted by Crippen LogP contribution is 2.33. The smallest absolute Gasteiger partial charge is 0.328 e. The molecule has 0 atom stereocenters. The lowest BCUT2D eigenvalue weighted by atomic mass is 10.3. The number of ether oxygens (including phenoxy) is 1. The van der Waals surface area contributed by atoms with Crippen LogP contribution in [0, 0.1) is 24.0 Å². The van der Waals surface area contributed by atoms with Gasteiger partial charge < -0.3 is 10.1 Å². The number of hydrogen-bond acceptors (Lipinski definition) is 7. The first-order chi connectivity index (χ1) is 15.2. The molecule has 2 aromatic carbocycles. The van der Waals surface area contributed by atoms with Crippen LogP contribution in [0.1, 0.15) is 11.4 Å². The molecule has 0 radical (unpaired) electrons. The summed E-state index contributed by atoms with van der Waals surface area (Å²) < 4.78 is 6.20. The van der Waals surface area contributed by atoms with Crippen LogP contribution in [-0.2, 0) is 20.9 Å². The molecule has 0 bridgehead atoms. The molecule has 1 heterocycles. The molecule has 3 aromatic rings. The van der Waals surface area contributed by atoms with Gasteiger partial charge >= 0.3 is 11.7 Å². The van der Waals surface area contributed by atoms with Gasteiger partial charge in [0.2, 0.25) is 0 Å². The van der Waals surface area contributed by atoms with Gasteiger partial charge in [-0.15, -0.1) is 0 Å². The summed E-state index contributed by atoms with van der Waals surface area (Å²) in [6.07, 6.45) is 0. The number of carbonyl (C=O) groups is 2. The van der Waals surface area contributed by atoms with Crippen LogP contribution in [0.2, 0.25) is 5.02 Å². The van der Waals surface area contributed by atoms with E-state index in [2.05, 4.69) is 10.4 Å². The minimum atomic E-state index is -0.732. The van der Waals surface area contributed by atoms with Crippen molar-refractivity contribution >= 4 is 46.6 Å². The summed E-state index contributed by atoms with van der Waals surface area (Å²) >= 11 is 7.37. The van der Waals surface area contributed by atoms with Gasteiger partial charge in [-0.1, -0.05) is 35.5 Å². The summed E-state index contributed by atoms with van der Waals surface area (Å²) in [6.45, 7) is 2.14. The van der Waals surface area contributed by atoms with Gasteiger partial charge in [-0.2, -0.15) is 5.10 Å². The second-order valence-electron chi connectivity index (χ2n) is 6.70. The van der Waals surface area contributed by atoms with E-state index in [0.29, 0.717) is 10.7 Å². The van der Waals surface area contributed by atoms with E-state index >= 15 is 0 Å². The highest BCUT2D eigenvalue weighted by Gasteiger charge is 2.23. The first-order valence-electron chi connectivity index (χ1n) is 9.41. The standard InChI is InChI=1S/C21H19ClN4O5S/c1-13-21(26(29)30)14(2)25(24-13)11-20(28)31-12-19(27)23-17-5-3-4-6-18(17)32-16-9-7-15(22)8-10-16/h3-10H,11-12H2,1-2H3,(H,23,27). The molecule has 0 saturated carbocycles. The van der Waals surface area contributed by atoms with E-state index in [0.717, 1.165) is 9.79 Å². The van der Waals surface area contributed by atoms with Crippen LogP contribution in [0.3, 0.4) is 0 Å². The number of amides is 1. The molecule has 9 nitrogen and oxygen atoms in total. The predicted molar refractivity (Wildman–Crippen MR) is 120 cm³/mol. The fourth-order valence-corrected chi connectivity index (χ4v) is 3.92. The number of rotatable bonds is 8. The van der Waals surface area contributed by atoms with Crippen LogP contribution >= 0.6 is 23.4 Å². The second-order valence-corrected chi connectivity index (χ2v) is 8.25. The Bertz CT molecular complexity index is 1160. The minimum absolute atomic E-state index is 0.148. The maximum atomic E-state index is 12.3. The average Bonchev–Trinajstić information content (AvgIpc) is 3.02. The number of hydrogen-bond donors (Lipinski definition) is 1. The van der Waals surface area contributed by atoms with Gasteiger partial charge in [-0.25, -0.2) is 0 Å². The average molecular weight is 475 g/mol. The number of nitrogens with zero attached hydrogens (tertiary/aromatic N) is 3. The van der Waals surface area contributed by atoms with Crippen molar-refractivity contribution in [2.24, 2.45) is 0 Å². The predicted octanol–water partition coefficient (Wildman–Crippen LogP) is 4.39. The first kappa shape index (κ1) is 23.3. The largest absolute Gasteiger partial charge is 0.454 e. The van der Waals surface area contributed by atoms with Gasteiger partial charge in [-0.3, -0.25) is 24.4 Å². The molecule has 0 aliphatic rings. The molecule has 166 valence electrons. The summed E-state index contributed by atoms with van der Waals surface area (Å²) in [5, 5.41) is 18.4. The van der Waals surface area contributed by atoms with E-state index in [9.17, 15) is 19.7 Å². The fraction of sp³-hybridized carbons (Fsp3) is 0.190. The van der Waals surface area contributed by atoms with Crippen molar-refractivity contribution in [2.75, 3.05) is 11.9 Å². The lowest BCUT2D eigenvalue weighted by Gasteiger charge is -2.11. The maximum absolute atomic E-state index is 12.3. The van der Waals surface area contributed by atoms with Crippen LogP contribution in [0.5, 0.6) is 0 Å². The van der Waals surface area contributed by atoms with Gasteiger partial charge in [-0.05, 0) is 50.2 Å². The molecule has 1 N–H and O–H groups in total. The van der Waals surface area contributed by atoms with Crippen LogP contribution in [0.4, 0.5) is 11.4 Å². The van der Waals surface area contributed by atoms with Crippen LogP contribution < -0.4 is 5.32 Å². The summed E-state index contributed by atoms with van der Waals surface area (Å²) in [5.74, 6) is -1.24. The van der Waals surface area contributed by atoms with Crippen molar-refractivity contribution in [1.29, 1.82) is 0 Å². The Labute approximate surface area is 192 Å². The first-order valence-corrected chi connectivity index (χ1v) is 10.6. The Balaban J connectivity index is 1.57. The Morgan fingerprint density at radius 2 is 1.88 bits per heavy atom. The zero-order valence-corrected chi connectivity index (χ0v) is 18.8. The zero-order chi connectivity index (χ0) is 23.3. The lowest BCUT2D eigenvalue weighted by Crippen LogP contribution is -2.23. The van der Waals surface area contributed by atoms with E-state index in [-0.39, 0.29) is 23.6 Å². The second kappa shape index (κ2) is 10.3. The molecule has 0 spiro atoms. The highest BCUT2D eigenvalue weighted by molar-refractivity contribution is 7.99. The Morgan fingerprint density at radius 1 is 1.19 bits per heavy atom. The molecule has 3 rings (SSSR count). The number of nitrogens with one attached hydrogen (secondary N) is 1. The molecule has 11 heteroatoms. The number of nitro groups is 1. The van der Waals surface area contributed by atoms with Crippen LogP contribution in [-0.4, -0.2) is 33.2 Å². The van der Waals surface area contributed by atoms with E-state index in [1.54, 1.807) is 24.3 Å². The minimum Gasteiger partial charge on any atom is -0.454 e. The van der Waals surface area contributed by atoms with Crippen LogP contribution in [0.15, 0.2) is 58.3 Å². The number of benzene rings is 2. The molecule has 1 aromatic heterocycles. The molecule has 32 heavy (non-hydrogen) atoms. The third-order valence-corrected chi connectivity index (χ3v) is 5.71. The topological polar surface area (TPSA) is 116 Å². The fourth-order valence-electron chi connectivity index (χ4n) is 2.89. The normalized spacial score (nSPS) is 10.6. The van der Waals surface area contributed by atoms with E-state index in [1.807, 2.05) is 24.3 Å². The molecular formula is C21H19ClN4O5S. The van der Waals surface area contributed by atoms with E-state index in [1.165, 1.54) is 30.3 Å². The number of para-hydroxylation sites is 1. The van der Waals surface area contributed by atoms with Crippen molar-refractivity contribution < 1.29 is 19.2 Å². The summed E-state index contributed by atoms with van der Waals surface area (Å²) in [5.41, 5.74) is 0.864. The van der Waals surface area contributed by atoms with Gasteiger partial charge in [0.1, 0.15) is 17.9 Å². The van der Waals surface area contributed by atoms with Crippen molar-refractivity contribution in [1.82, 2.24) is 9.78 Å². The quantitative estimate of drug-likeness (QED) is 0.292. The maximum Gasteiger partial charge on any atom is 0.328 e. The lowest BCUT2D eigenvalue weighted by molar-refractivity contribution is -0.386. The third-order valence-electron chi connectivity index (χ3n) is 4.37. The van der Waals surface area contributed by atoms with Crippen molar-refractivity contribution in [3.05, 3.63) is 75.1 Å². The number of halogens is 1. The third kappa shape index (κ3) is 5.86. The molecule has 1 amide bonds. The zero-order valence-electron chi connectivity index (χ0n) is 17.2. The molecule has 0 aliphatic carbocycles. The highest BCUT2D eigenvalue weighted by atomic mass is 35.5. The summed E-state index contributed by atoms with van der Waals surface area (Å²) in [7, 11) is 0. The molecule has 0 unspecified atom stereocenters. The molecule has 0 saturated heterocycles. The molecule has 0 fully saturated rings. The van der Waals surface area contributed by atoms with Gasteiger partial charge in [0.05, 0.1) is 10.6 Å². The van der Waals surface area contributed by atoms with E-state index < -0.39 is 23.4 Å². The Kier molecular flexibility index (Phi) is 7.49. The summed E-state index contributed by atoms with van der Waals surface area (Å²) in [4.78, 5) is 36.7. The number of anilines is 1. The van der Waals surface area contributed by atoms with E-state index in [4.69, 9.17) is 16.3 Å². The number of carbonyl (C=O) groups excluding carboxylic acids is 2. The monoisotopic (exact) mass is 474 g/mol. The molecule has 0 aliphatic heterocycles. The number of aryl methyl sites for hydroxylation is 1. The molecular weight excluding hydrogens is 456 g/mol.